The second kappa shape index (κ2) is 5.16. The maximum atomic E-state index is 10.6. The number of nitro benzene ring substituents is 1. The Morgan fingerprint density at radius 1 is 1.47 bits per heavy atom. The molecule has 0 aliphatic carbocycles. The van der Waals surface area contributed by atoms with Crippen LogP contribution in [-0.2, 0) is 0 Å². The first-order valence-corrected chi connectivity index (χ1v) is 6.09. The molecule has 0 aromatic heterocycles. The lowest BCUT2D eigenvalue weighted by atomic mass is 9.85. The second-order valence-corrected chi connectivity index (χ2v) is 4.80. The number of nitriles is 1. The number of non-ortho nitro benzene ring substituents is 1. The summed E-state index contributed by atoms with van der Waals surface area (Å²) in [6.45, 7) is 1.81. The third-order valence-electron chi connectivity index (χ3n) is 3.10. The summed E-state index contributed by atoms with van der Waals surface area (Å²) in [5.74, 6) is -0.125. The van der Waals surface area contributed by atoms with Crippen LogP contribution in [0.2, 0.25) is 0 Å². The van der Waals surface area contributed by atoms with Gasteiger partial charge in [0.2, 0.25) is 0 Å². The van der Waals surface area contributed by atoms with E-state index in [0.717, 1.165) is 11.3 Å². The van der Waals surface area contributed by atoms with Crippen molar-refractivity contribution in [2.45, 2.75) is 19.3 Å². The van der Waals surface area contributed by atoms with Crippen LogP contribution in [0.25, 0.3) is 0 Å². The van der Waals surface area contributed by atoms with E-state index in [-0.39, 0.29) is 11.6 Å². The number of thiocarbonyl (C=S) groups is 1. The summed E-state index contributed by atoms with van der Waals surface area (Å²) >= 11 is 5.17. The first-order chi connectivity index (χ1) is 9.02. The van der Waals surface area contributed by atoms with E-state index in [0.29, 0.717) is 17.0 Å². The predicted molar refractivity (Wildman–Crippen MR) is 74.5 cm³/mol. The van der Waals surface area contributed by atoms with Gasteiger partial charge < -0.3 is 5.32 Å². The van der Waals surface area contributed by atoms with Crippen molar-refractivity contribution in [2.75, 3.05) is 0 Å². The van der Waals surface area contributed by atoms with Crippen molar-refractivity contribution in [3.05, 3.63) is 51.2 Å². The molecular formula is C13H11N3O2S. The normalized spacial score (nSPS) is 18.7. The molecule has 1 aliphatic rings. The molecule has 1 N–H and O–H groups in total. The lowest BCUT2D eigenvalue weighted by Crippen LogP contribution is -2.29. The third kappa shape index (κ3) is 2.61. The molecule has 19 heavy (non-hydrogen) atoms. The van der Waals surface area contributed by atoms with E-state index < -0.39 is 4.92 Å². The zero-order valence-electron chi connectivity index (χ0n) is 10.2. The average Bonchev–Trinajstić information content (AvgIpc) is 2.38. The average molecular weight is 273 g/mol. The monoisotopic (exact) mass is 273 g/mol. The second-order valence-electron chi connectivity index (χ2n) is 4.30. The van der Waals surface area contributed by atoms with E-state index in [9.17, 15) is 15.4 Å². The molecule has 0 saturated carbocycles. The number of benzene rings is 1. The fraction of sp³-hybridized carbons (Fsp3) is 0.231. The van der Waals surface area contributed by atoms with Crippen molar-refractivity contribution in [3.63, 3.8) is 0 Å². The SMILES string of the molecule is CC1=C(C#N)C(c2ccc([N+](=O)[O-])cc2)CC(=S)N1. The van der Waals surface area contributed by atoms with E-state index in [1.54, 1.807) is 12.1 Å². The number of nitrogens with zero attached hydrogens (tertiary/aromatic N) is 2. The number of nitro groups is 1. The molecule has 0 fully saturated rings. The minimum Gasteiger partial charge on any atom is -0.353 e. The third-order valence-corrected chi connectivity index (χ3v) is 3.36. The van der Waals surface area contributed by atoms with Crippen LogP contribution < -0.4 is 5.32 Å². The Bertz CT molecular complexity index is 614. The van der Waals surface area contributed by atoms with Crippen LogP contribution in [-0.4, -0.2) is 9.91 Å². The minimum atomic E-state index is -0.441. The Hall–Kier alpha value is -2.26. The lowest BCUT2D eigenvalue weighted by Gasteiger charge is -2.25. The summed E-state index contributed by atoms with van der Waals surface area (Å²) in [4.78, 5) is 10.9. The van der Waals surface area contributed by atoms with Gasteiger partial charge in [-0.25, -0.2) is 0 Å². The molecule has 2 rings (SSSR count). The number of allylic oxidation sites excluding steroid dienone is 2. The fourth-order valence-electron chi connectivity index (χ4n) is 2.15. The van der Waals surface area contributed by atoms with Gasteiger partial charge in [-0.2, -0.15) is 5.26 Å². The van der Waals surface area contributed by atoms with Gasteiger partial charge in [-0.1, -0.05) is 24.4 Å². The van der Waals surface area contributed by atoms with Crippen LogP contribution in [0.5, 0.6) is 0 Å². The first kappa shape index (κ1) is 13.2. The van der Waals surface area contributed by atoms with Crippen molar-refractivity contribution in [1.82, 2.24) is 5.32 Å². The predicted octanol–water partition coefficient (Wildman–Crippen LogP) is 2.80. The zero-order chi connectivity index (χ0) is 14.0. The van der Waals surface area contributed by atoms with Crippen LogP contribution in [0.4, 0.5) is 5.69 Å². The summed E-state index contributed by atoms with van der Waals surface area (Å²) in [6, 6.07) is 8.45. The molecule has 0 radical (unpaired) electrons. The highest BCUT2D eigenvalue weighted by molar-refractivity contribution is 7.80. The molecule has 0 saturated heterocycles. The molecule has 96 valence electrons. The van der Waals surface area contributed by atoms with Crippen molar-refractivity contribution in [1.29, 1.82) is 5.26 Å². The molecule has 6 heteroatoms. The quantitative estimate of drug-likeness (QED) is 0.509. The molecule has 1 aliphatic heterocycles. The van der Waals surface area contributed by atoms with Gasteiger partial charge in [-0.15, -0.1) is 0 Å². The molecule has 1 heterocycles. The van der Waals surface area contributed by atoms with Crippen LogP contribution >= 0.6 is 12.2 Å². The first-order valence-electron chi connectivity index (χ1n) is 5.68. The number of hydrogen-bond donors (Lipinski definition) is 1. The number of rotatable bonds is 2. The van der Waals surface area contributed by atoms with Crippen LogP contribution in [0.1, 0.15) is 24.8 Å². The highest BCUT2D eigenvalue weighted by Gasteiger charge is 2.25. The summed E-state index contributed by atoms with van der Waals surface area (Å²) in [5, 5.41) is 22.8. The maximum absolute atomic E-state index is 10.6. The van der Waals surface area contributed by atoms with Crippen LogP contribution in [0, 0.1) is 21.4 Å². The largest absolute Gasteiger partial charge is 0.353 e. The smallest absolute Gasteiger partial charge is 0.269 e. The molecule has 1 aromatic carbocycles. The van der Waals surface area contributed by atoms with Gasteiger partial charge in [0, 0.05) is 30.2 Å². The van der Waals surface area contributed by atoms with Gasteiger partial charge in [0.1, 0.15) is 0 Å². The molecule has 0 amide bonds. The highest BCUT2D eigenvalue weighted by Crippen LogP contribution is 2.33. The van der Waals surface area contributed by atoms with E-state index >= 15 is 0 Å². The Labute approximate surface area is 115 Å². The minimum absolute atomic E-state index is 0.0412. The Morgan fingerprint density at radius 3 is 2.63 bits per heavy atom. The summed E-state index contributed by atoms with van der Waals surface area (Å²) in [7, 11) is 0. The Balaban J connectivity index is 2.40. The summed E-state index contributed by atoms with van der Waals surface area (Å²) in [5.41, 5.74) is 2.29. The standard InChI is InChI=1S/C13H11N3O2S/c1-8-12(7-14)11(6-13(19)15-8)9-2-4-10(5-3-9)16(17)18/h2-5,11H,6H2,1H3,(H,15,19). The van der Waals surface area contributed by atoms with E-state index in [2.05, 4.69) is 11.4 Å². The van der Waals surface area contributed by atoms with Crippen molar-refractivity contribution in [2.24, 2.45) is 0 Å². The molecular weight excluding hydrogens is 262 g/mol. The Morgan fingerprint density at radius 2 is 2.11 bits per heavy atom. The molecule has 0 spiro atoms. The molecule has 1 atom stereocenters. The van der Waals surface area contributed by atoms with Gasteiger partial charge in [-0.05, 0) is 12.5 Å². The van der Waals surface area contributed by atoms with Crippen molar-refractivity contribution < 1.29 is 4.92 Å². The van der Waals surface area contributed by atoms with Gasteiger partial charge in [0.05, 0.1) is 21.6 Å². The Kier molecular flexibility index (Phi) is 3.58. The summed E-state index contributed by atoms with van der Waals surface area (Å²) in [6.07, 6.45) is 0.549. The van der Waals surface area contributed by atoms with E-state index in [1.807, 2.05) is 6.92 Å². The van der Waals surface area contributed by atoms with Gasteiger partial charge >= 0.3 is 0 Å². The van der Waals surface area contributed by atoms with E-state index in [1.165, 1.54) is 12.1 Å². The molecule has 0 bridgehead atoms. The fourth-order valence-corrected chi connectivity index (χ4v) is 2.47. The van der Waals surface area contributed by atoms with E-state index in [4.69, 9.17) is 12.2 Å². The molecule has 5 nitrogen and oxygen atoms in total. The lowest BCUT2D eigenvalue weighted by molar-refractivity contribution is -0.384. The zero-order valence-corrected chi connectivity index (χ0v) is 11.0. The maximum Gasteiger partial charge on any atom is 0.269 e. The molecule has 1 aromatic rings. The van der Waals surface area contributed by atoms with Crippen molar-refractivity contribution in [3.8, 4) is 6.07 Å². The van der Waals surface area contributed by atoms with Gasteiger partial charge in [0.25, 0.3) is 5.69 Å². The summed E-state index contributed by atoms with van der Waals surface area (Å²) < 4.78 is 0. The van der Waals surface area contributed by atoms with Crippen molar-refractivity contribution >= 4 is 22.9 Å². The van der Waals surface area contributed by atoms with Gasteiger partial charge in [-0.3, -0.25) is 10.1 Å². The number of hydrogen-bond acceptors (Lipinski definition) is 4. The van der Waals surface area contributed by atoms with Crippen LogP contribution in [0.15, 0.2) is 35.5 Å². The molecule has 1 unspecified atom stereocenters. The highest BCUT2D eigenvalue weighted by atomic mass is 32.1. The van der Waals surface area contributed by atoms with Gasteiger partial charge in [0.15, 0.2) is 0 Å². The topological polar surface area (TPSA) is 79.0 Å². The number of nitrogens with one attached hydrogen (secondary N) is 1. The van der Waals surface area contributed by atoms with Crippen LogP contribution in [0.3, 0.4) is 0 Å².